The molecule has 0 aromatic heterocycles. The normalized spacial score (nSPS) is 12.2. The molecule has 0 aliphatic heterocycles. The van der Waals surface area contributed by atoms with Crippen molar-refractivity contribution in [3.63, 3.8) is 0 Å². The van der Waals surface area contributed by atoms with Crippen molar-refractivity contribution in [2.75, 3.05) is 18.5 Å². The zero-order valence-electron chi connectivity index (χ0n) is 10.9. The highest BCUT2D eigenvalue weighted by molar-refractivity contribution is 5.68. The summed E-state index contributed by atoms with van der Waals surface area (Å²) < 4.78 is 29.6. The van der Waals surface area contributed by atoms with Crippen molar-refractivity contribution in [2.24, 2.45) is 0 Å². The van der Waals surface area contributed by atoms with Gasteiger partial charge >= 0.3 is 5.69 Å². The van der Waals surface area contributed by atoms with Crippen molar-refractivity contribution in [2.45, 2.75) is 25.9 Å². The summed E-state index contributed by atoms with van der Waals surface area (Å²) in [5, 5.41) is 22.5. The highest BCUT2D eigenvalue weighted by Gasteiger charge is 2.23. The van der Waals surface area contributed by atoms with Crippen LogP contribution in [0.4, 0.5) is 20.2 Å². The minimum atomic E-state index is -2.92. The number of para-hydroxylation sites is 1. The molecule has 1 unspecified atom stereocenters. The van der Waals surface area contributed by atoms with Crippen LogP contribution in [0.1, 0.15) is 13.3 Å². The van der Waals surface area contributed by atoms with Crippen LogP contribution in [0.25, 0.3) is 0 Å². The molecule has 1 aromatic rings. The van der Waals surface area contributed by atoms with Crippen LogP contribution >= 0.6 is 0 Å². The SMILES string of the molecule is CCCOc1cccc(NCC(O)C(F)F)c1[N+](=O)[O-]. The van der Waals surface area contributed by atoms with Crippen molar-refractivity contribution >= 4 is 11.4 Å². The highest BCUT2D eigenvalue weighted by atomic mass is 19.3. The Bertz CT molecular complexity index is 457. The van der Waals surface area contributed by atoms with E-state index in [9.17, 15) is 18.9 Å². The minimum absolute atomic E-state index is 0.0308. The average Bonchev–Trinajstić information content (AvgIpc) is 2.41. The first-order chi connectivity index (χ1) is 9.47. The van der Waals surface area contributed by atoms with Gasteiger partial charge < -0.3 is 15.2 Å². The number of aliphatic hydroxyl groups excluding tert-OH is 1. The van der Waals surface area contributed by atoms with Gasteiger partial charge in [0.2, 0.25) is 0 Å². The Hall–Kier alpha value is -1.96. The molecule has 2 N–H and O–H groups in total. The molecule has 1 aromatic carbocycles. The Morgan fingerprint density at radius 3 is 2.75 bits per heavy atom. The second kappa shape index (κ2) is 7.59. The fourth-order valence-electron chi connectivity index (χ4n) is 1.49. The van der Waals surface area contributed by atoms with Gasteiger partial charge in [0.05, 0.1) is 11.5 Å². The van der Waals surface area contributed by atoms with Crippen LogP contribution in [0.2, 0.25) is 0 Å². The van der Waals surface area contributed by atoms with E-state index in [4.69, 9.17) is 9.84 Å². The molecule has 0 radical (unpaired) electrons. The molecule has 1 atom stereocenters. The van der Waals surface area contributed by atoms with Gasteiger partial charge in [-0.05, 0) is 18.6 Å². The molecule has 6 nitrogen and oxygen atoms in total. The summed E-state index contributed by atoms with van der Waals surface area (Å²) >= 11 is 0. The largest absolute Gasteiger partial charge is 0.487 e. The van der Waals surface area contributed by atoms with Crippen LogP contribution in [0, 0.1) is 10.1 Å². The molecule has 0 spiro atoms. The lowest BCUT2D eigenvalue weighted by molar-refractivity contribution is -0.385. The van der Waals surface area contributed by atoms with Crippen LogP contribution in [-0.4, -0.2) is 35.7 Å². The lowest BCUT2D eigenvalue weighted by atomic mass is 10.2. The van der Waals surface area contributed by atoms with Crippen molar-refractivity contribution in [3.8, 4) is 5.75 Å². The third-order valence-corrected chi connectivity index (χ3v) is 2.44. The monoisotopic (exact) mass is 290 g/mol. The lowest BCUT2D eigenvalue weighted by Crippen LogP contribution is -2.27. The number of alkyl halides is 2. The van der Waals surface area contributed by atoms with Crippen molar-refractivity contribution in [1.29, 1.82) is 0 Å². The van der Waals surface area contributed by atoms with Crippen LogP contribution in [-0.2, 0) is 0 Å². The molecule has 0 heterocycles. The van der Waals surface area contributed by atoms with Crippen LogP contribution in [0.5, 0.6) is 5.75 Å². The zero-order valence-corrected chi connectivity index (χ0v) is 10.9. The molecule has 0 amide bonds. The van der Waals surface area contributed by atoms with Crippen LogP contribution in [0.15, 0.2) is 18.2 Å². The van der Waals surface area contributed by atoms with Crippen molar-refractivity contribution in [3.05, 3.63) is 28.3 Å². The highest BCUT2D eigenvalue weighted by Crippen LogP contribution is 2.34. The minimum Gasteiger partial charge on any atom is -0.487 e. The fourth-order valence-corrected chi connectivity index (χ4v) is 1.49. The fraction of sp³-hybridized carbons (Fsp3) is 0.500. The van der Waals surface area contributed by atoms with Crippen LogP contribution in [0.3, 0.4) is 0 Å². The Kier molecular flexibility index (Phi) is 6.10. The maximum Gasteiger partial charge on any atom is 0.333 e. The molecule has 0 aliphatic rings. The quantitative estimate of drug-likeness (QED) is 0.567. The Morgan fingerprint density at radius 1 is 1.50 bits per heavy atom. The summed E-state index contributed by atoms with van der Waals surface area (Å²) in [7, 11) is 0. The predicted octanol–water partition coefficient (Wildman–Crippen LogP) is 2.42. The van der Waals surface area contributed by atoms with Gasteiger partial charge in [-0.25, -0.2) is 8.78 Å². The zero-order chi connectivity index (χ0) is 15.1. The topological polar surface area (TPSA) is 84.6 Å². The Balaban J connectivity index is 2.91. The first-order valence-corrected chi connectivity index (χ1v) is 6.07. The number of nitro groups is 1. The number of hydrogen-bond donors (Lipinski definition) is 2. The van der Waals surface area contributed by atoms with E-state index in [1.807, 2.05) is 6.92 Å². The molecular weight excluding hydrogens is 274 g/mol. The van der Waals surface area contributed by atoms with Gasteiger partial charge in [0.15, 0.2) is 5.75 Å². The van der Waals surface area contributed by atoms with E-state index in [0.717, 1.165) is 0 Å². The molecule has 112 valence electrons. The van der Waals surface area contributed by atoms with Gasteiger partial charge in [-0.1, -0.05) is 13.0 Å². The number of aliphatic hydroxyl groups is 1. The molecule has 8 heteroatoms. The van der Waals surface area contributed by atoms with E-state index >= 15 is 0 Å². The first kappa shape index (κ1) is 16.1. The Morgan fingerprint density at radius 2 is 2.20 bits per heavy atom. The smallest absolute Gasteiger partial charge is 0.333 e. The number of halogens is 2. The molecule has 0 bridgehead atoms. The number of hydrogen-bond acceptors (Lipinski definition) is 5. The number of nitro benzene ring substituents is 1. The second-order valence-corrected chi connectivity index (χ2v) is 4.04. The van der Waals surface area contributed by atoms with Crippen molar-refractivity contribution in [1.82, 2.24) is 0 Å². The van der Waals surface area contributed by atoms with Gasteiger partial charge in [0.25, 0.3) is 6.43 Å². The molecule has 1 rings (SSSR count). The van der Waals surface area contributed by atoms with E-state index in [2.05, 4.69) is 5.32 Å². The number of ether oxygens (including phenoxy) is 1. The van der Waals surface area contributed by atoms with E-state index in [0.29, 0.717) is 13.0 Å². The molecule has 20 heavy (non-hydrogen) atoms. The third kappa shape index (κ3) is 4.30. The van der Waals surface area contributed by atoms with Crippen molar-refractivity contribution < 1.29 is 23.5 Å². The average molecular weight is 290 g/mol. The molecular formula is C12H16F2N2O4. The molecule has 0 fully saturated rings. The lowest BCUT2D eigenvalue weighted by Gasteiger charge is -2.13. The Labute approximate surface area is 114 Å². The van der Waals surface area contributed by atoms with Gasteiger partial charge in [-0.15, -0.1) is 0 Å². The van der Waals surface area contributed by atoms with E-state index in [1.165, 1.54) is 18.2 Å². The number of rotatable bonds is 8. The summed E-state index contributed by atoms with van der Waals surface area (Å²) in [5.74, 6) is 0.0633. The van der Waals surface area contributed by atoms with Gasteiger partial charge in [0, 0.05) is 6.54 Å². The summed E-state index contributed by atoms with van der Waals surface area (Å²) in [6.07, 6.45) is -4.13. The first-order valence-electron chi connectivity index (χ1n) is 6.07. The maximum absolute atomic E-state index is 12.2. The molecule has 0 saturated carbocycles. The predicted molar refractivity (Wildman–Crippen MR) is 69.4 cm³/mol. The van der Waals surface area contributed by atoms with Crippen LogP contribution < -0.4 is 10.1 Å². The maximum atomic E-state index is 12.2. The number of nitrogens with one attached hydrogen (secondary N) is 1. The summed E-state index contributed by atoms with van der Waals surface area (Å²) in [5.41, 5.74) is -0.300. The summed E-state index contributed by atoms with van der Waals surface area (Å²) in [6, 6.07) is 4.31. The molecule has 0 aliphatic carbocycles. The van der Waals surface area contributed by atoms with Gasteiger partial charge in [0.1, 0.15) is 11.8 Å². The number of anilines is 1. The van der Waals surface area contributed by atoms with E-state index < -0.39 is 24.0 Å². The summed E-state index contributed by atoms with van der Waals surface area (Å²) in [6.45, 7) is 1.67. The van der Waals surface area contributed by atoms with Gasteiger partial charge in [-0.3, -0.25) is 10.1 Å². The molecule has 0 saturated heterocycles. The van der Waals surface area contributed by atoms with E-state index in [1.54, 1.807) is 0 Å². The number of nitrogens with zero attached hydrogens (tertiary/aromatic N) is 1. The number of benzene rings is 1. The standard InChI is InChI=1S/C12H16F2N2O4/c1-2-6-20-10-5-3-4-8(11(10)16(18)19)15-7-9(17)12(13)14/h3-5,9,12,15,17H,2,6-7H2,1H3. The summed E-state index contributed by atoms with van der Waals surface area (Å²) in [4.78, 5) is 10.4. The second-order valence-electron chi connectivity index (χ2n) is 4.04. The third-order valence-electron chi connectivity index (χ3n) is 2.44. The van der Waals surface area contributed by atoms with Gasteiger partial charge in [-0.2, -0.15) is 0 Å². The van der Waals surface area contributed by atoms with E-state index in [-0.39, 0.29) is 17.1 Å².